The van der Waals surface area contributed by atoms with E-state index in [1.807, 2.05) is 6.07 Å². The van der Waals surface area contributed by atoms with E-state index in [4.69, 9.17) is 14.7 Å². The first-order chi connectivity index (χ1) is 19.6. The number of para-hydroxylation sites is 2. The SMILES string of the molecule is O.O=S1CCCN1C1CCC(CCCCc2nc(N3CCOCC3)cc(-n3c(C(F)F)nc4ccccc43)n2)CC1. The molecule has 0 bridgehead atoms. The van der Waals surface area contributed by atoms with E-state index in [2.05, 4.69) is 14.2 Å². The first-order valence-electron chi connectivity index (χ1n) is 14.7. The predicted molar refractivity (Wildman–Crippen MR) is 156 cm³/mol. The fraction of sp³-hybridized carbons (Fsp3) is 0.621. The highest BCUT2D eigenvalue weighted by atomic mass is 32.2. The Morgan fingerprint density at radius 3 is 2.46 bits per heavy atom. The number of anilines is 1. The molecule has 224 valence electrons. The second kappa shape index (κ2) is 13.6. The molecule has 41 heavy (non-hydrogen) atoms. The molecule has 6 rings (SSSR count). The first-order valence-corrected chi connectivity index (χ1v) is 16.0. The van der Waals surface area contributed by atoms with Crippen molar-refractivity contribution in [2.45, 2.75) is 70.3 Å². The van der Waals surface area contributed by atoms with Crippen LogP contribution in [-0.2, 0) is 22.1 Å². The van der Waals surface area contributed by atoms with Gasteiger partial charge in [0.05, 0.1) is 35.2 Å². The van der Waals surface area contributed by atoms with Crippen LogP contribution in [0.3, 0.4) is 0 Å². The number of morpholine rings is 1. The van der Waals surface area contributed by atoms with Gasteiger partial charge in [0, 0.05) is 43.9 Å². The minimum Gasteiger partial charge on any atom is -0.412 e. The fourth-order valence-corrected chi connectivity index (χ4v) is 7.92. The lowest BCUT2D eigenvalue weighted by molar-refractivity contribution is 0.122. The first kappa shape index (κ1) is 29.9. The maximum atomic E-state index is 14.1. The van der Waals surface area contributed by atoms with Gasteiger partial charge in [-0.3, -0.25) is 4.57 Å². The maximum Gasteiger partial charge on any atom is 0.296 e. The molecule has 0 amide bonds. The predicted octanol–water partition coefficient (Wildman–Crippen LogP) is 4.41. The molecule has 3 aliphatic rings. The van der Waals surface area contributed by atoms with E-state index in [-0.39, 0.29) is 11.3 Å². The van der Waals surface area contributed by atoms with E-state index in [1.165, 1.54) is 23.8 Å². The number of hydrogen-bond donors (Lipinski definition) is 0. The maximum absolute atomic E-state index is 14.1. The molecule has 1 aliphatic carbocycles. The summed E-state index contributed by atoms with van der Waals surface area (Å²) in [4.78, 5) is 16.0. The highest BCUT2D eigenvalue weighted by Gasteiger charge is 2.31. The van der Waals surface area contributed by atoms with Gasteiger partial charge in [-0.2, -0.15) is 0 Å². The van der Waals surface area contributed by atoms with Crippen molar-refractivity contribution in [2.75, 3.05) is 43.5 Å². The normalized spacial score (nSPS) is 23.8. The van der Waals surface area contributed by atoms with Crippen LogP contribution >= 0.6 is 0 Å². The number of aryl methyl sites for hydroxylation is 1. The van der Waals surface area contributed by atoms with E-state index >= 15 is 0 Å². The fourth-order valence-electron chi connectivity index (χ4n) is 6.43. The Balaban J connectivity index is 0.00000337. The Kier molecular flexibility index (Phi) is 9.95. The molecule has 2 aromatic heterocycles. The van der Waals surface area contributed by atoms with Crippen LogP contribution < -0.4 is 4.90 Å². The molecule has 1 aromatic carbocycles. The molecule has 2 aliphatic heterocycles. The summed E-state index contributed by atoms with van der Waals surface area (Å²) < 4.78 is 49.6. The van der Waals surface area contributed by atoms with Gasteiger partial charge in [0.25, 0.3) is 6.43 Å². The van der Waals surface area contributed by atoms with Crippen molar-refractivity contribution in [1.29, 1.82) is 0 Å². The van der Waals surface area contributed by atoms with Gasteiger partial charge in [-0.1, -0.05) is 25.0 Å². The largest absolute Gasteiger partial charge is 0.412 e. The summed E-state index contributed by atoms with van der Waals surface area (Å²) in [6.45, 7) is 3.62. The Labute approximate surface area is 242 Å². The molecule has 0 spiro atoms. The number of ether oxygens (including phenoxy) is 1. The zero-order chi connectivity index (χ0) is 27.5. The van der Waals surface area contributed by atoms with Gasteiger partial charge in [0.2, 0.25) is 0 Å². The molecule has 1 saturated carbocycles. The van der Waals surface area contributed by atoms with E-state index in [1.54, 1.807) is 24.3 Å². The number of fused-ring (bicyclic) bond motifs is 1. The van der Waals surface area contributed by atoms with Crippen LogP contribution in [0.15, 0.2) is 30.3 Å². The topological polar surface area (TPSA) is 108 Å². The van der Waals surface area contributed by atoms with Crippen LogP contribution in [0.1, 0.15) is 69.4 Å². The van der Waals surface area contributed by atoms with Crippen LogP contribution in [-0.4, -0.2) is 78.2 Å². The summed E-state index contributed by atoms with van der Waals surface area (Å²) in [6.07, 6.45) is 6.95. The molecule has 1 atom stereocenters. The molecule has 3 aromatic rings. The van der Waals surface area contributed by atoms with Crippen LogP contribution in [0, 0.1) is 5.92 Å². The van der Waals surface area contributed by atoms with E-state index in [0.717, 1.165) is 56.1 Å². The quantitative estimate of drug-likeness (QED) is 0.342. The molecule has 1 unspecified atom stereocenters. The standard InChI is InChI=1S/C29H38F2N6O2S.H2O/c30-28(31)29-32-23-7-2-3-8-24(23)37(29)27-20-26(35-15-17-39-18-16-35)33-25(34-27)9-4-1-6-21-10-12-22(13-11-21)36-14-5-19-40(36)38;/h2-3,7-8,20-22,28H,1,4-6,9-19H2;1H2. The lowest BCUT2D eigenvalue weighted by Gasteiger charge is -2.33. The monoisotopic (exact) mass is 590 g/mol. The van der Waals surface area contributed by atoms with Gasteiger partial charge < -0.3 is 15.1 Å². The van der Waals surface area contributed by atoms with Crippen molar-refractivity contribution in [3.63, 3.8) is 0 Å². The Bertz CT molecular complexity index is 1330. The number of imidazole rings is 1. The summed E-state index contributed by atoms with van der Waals surface area (Å²) in [6, 6.07) is 9.49. The minimum absolute atomic E-state index is 0. The summed E-state index contributed by atoms with van der Waals surface area (Å²) in [7, 11) is -0.765. The number of hydrogen-bond acceptors (Lipinski definition) is 6. The van der Waals surface area contributed by atoms with Crippen LogP contribution in [0.4, 0.5) is 14.6 Å². The molecule has 0 radical (unpaired) electrons. The minimum atomic E-state index is -2.72. The van der Waals surface area contributed by atoms with Crippen molar-refractivity contribution in [3.8, 4) is 5.82 Å². The molecule has 2 saturated heterocycles. The van der Waals surface area contributed by atoms with E-state index in [0.29, 0.717) is 61.4 Å². The second-order valence-electron chi connectivity index (χ2n) is 11.1. The summed E-state index contributed by atoms with van der Waals surface area (Å²) in [5, 5.41) is 0. The van der Waals surface area contributed by atoms with Crippen molar-refractivity contribution in [3.05, 3.63) is 42.0 Å². The van der Waals surface area contributed by atoms with Crippen molar-refractivity contribution < 1.29 is 23.2 Å². The molecule has 3 fully saturated rings. The zero-order valence-corrected chi connectivity index (χ0v) is 24.2. The Morgan fingerprint density at radius 2 is 1.73 bits per heavy atom. The van der Waals surface area contributed by atoms with Gasteiger partial charge in [0.1, 0.15) is 17.5 Å². The van der Waals surface area contributed by atoms with E-state index in [9.17, 15) is 13.0 Å². The number of benzene rings is 1. The summed E-state index contributed by atoms with van der Waals surface area (Å²) in [5.74, 6) is 3.11. The zero-order valence-electron chi connectivity index (χ0n) is 23.4. The smallest absolute Gasteiger partial charge is 0.296 e. The third kappa shape index (κ3) is 6.76. The summed E-state index contributed by atoms with van der Waals surface area (Å²) in [5.41, 5.74) is 1.14. The number of alkyl halides is 2. The van der Waals surface area contributed by atoms with Crippen LogP contribution in [0.2, 0.25) is 0 Å². The Morgan fingerprint density at radius 1 is 0.976 bits per heavy atom. The highest BCUT2D eigenvalue weighted by Crippen LogP contribution is 2.33. The van der Waals surface area contributed by atoms with Gasteiger partial charge >= 0.3 is 0 Å². The number of rotatable bonds is 9. The van der Waals surface area contributed by atoms with Gasteiger partial charge in [-0.25, -0.2) is 32.2 Å². The number of aromatic nitrogens is 4. The average Bonchev–Trinajstić information content (AvgIpc) is 3.60. The molecule has 4 heterocycles. The van der Waals surface area contributed by atoms with Gasteiger partial charge in [-0.15, -0.1) is 0 Å². The number of nitrogens with zero attached hydrogens (tertiary/aromatic N) is 6. The molecule has 2 N–H and O–H groups in total. The number of halogens is 2. The second-order valence-corrected chi connectivity index (χ2v) is 12.7. The van der Waals surface area contributed by atoms with Crippen LogP contribution in [0.25, 0.3) is 16.9 Å². The highest BCUT2D eigenvalue weighted by molar-refractivity contribution is 7.82. The lowest BCUT2D eigenvalue weighted by Crippen LogP contribution is -2.37. The molecule has 12 heteroatoms. The van der Waals surface area contributed by atoms with Crippen molar-refractivity contribution in [2.24, 2.45) is 5.92 Å². The lowest BCUT2D eigenvalue weighted by atomic mass is 9.83. The molecular weight excluding hydrogens is 550 g/mol. The summed E-state index contributed by atoms with van der Waals surface area (Å²) >= 11 is 0. The van der Waals surface area contributed by atoms with Crippen molar-refractivity contribution >= 4 is 27.8 Å². The van der Waals surface area contributed by atoms with Gasteiger partial charge in [-0.05, 0) is 56.6 Å². The molecule has 9 nitrogen and oxygen atoms in total. The third-order valence-electron chi connectivity index (χ3n) is 8.54. The van der Waals surface area contributed by atoms with Gasteiger partial charge in [0.15, 0.2) is 5.82 Å². The third-order valence-corrected chi connectivity index (χ3v) is 10.2. The average molecular weight is 591 g/mol. The van der Waals surface area contributed by atoms with E-state index < -0.39 is 17.4 Å². The Hall–Kier alpha value is -2.54. The number of unbranched alkanes of at least 4 members (excludes halogenated alkanes) is 1. The van der Waals surface area contributed by atoms with Crippen LogP contribution in [0.5, 0.6) is 0 Å². The van der Waals surface area contributed by atoms with Crippen molar-refractivity contribution in [1.82, 2.24) is 23.8 Å². The molecular formula is C29H40F2N6O3S.